The van der Waals surface area contributed by atoms with Crippen LogP contribution < -0.4 is 0 Å². The first-order valence-electron chi connectivity index (χ1n) is 9.75. The lowest BCUT2D eigenvalue weighted by molar-refractivity contribution is -0.192. The maximum atomic E-state index is 12.5. The average Bonchev–Trinajstić information content (AvgIpc) is 3.43. The quantitative estimate of drug-likeness (QED) is 0.813. The van der Waals surface area contributed by atoms with Crippen molar-refractivity contribution in [3.63, 3.8) is 0 Å². The summed E-state index contributed by atoms with van der Waals surface area (Å²) in [5, 5.41) is 7.12. The van der Waals surface area contributed by atoms with Crippen molar-refractivity contribution in [1.29, 1.82) is 0 Å². The van der Waals surface area contributed by atoms with E-state index in [0.717, 1.165) is 58.3 Å². The van der Waals surface area contributed by atoms with Crippen molar-refractivity contribution in [1.82, 2.24) is 9.80 Å². The van der Waals surface area contributed by atoms with Gasteiger partial charge in [0.05, 0.1) is 18.6 Å². The van der Waals surface area contributed by atoms with Crippen LogP contribution in [0.25, 0.3) is 0 Å². The van der Waals surface area contributed by atoms with Crippen LogP contribution >= 0.6 is 0 Å². The van der Waals surface area contributed by atoms with E-state index < -0.39 is 12.1 Å². The van der Waals surface area contributed by atoms with Crippen LogP contribution in [0, 0.1) is 0 Å². The minimum absolute atomic E-state index is 0.201. The number of aliphatic carboxylic acids is 1. The molecule has 1 N–H and O–H groups in total. The Morgan fingerprint density at radius 3 is 2.41 bits per heavy atom. The number of carboxylic acid groups (broad SMARTS) is 1. The summed E-state index contributed by atoms with van der Waals surface area (Å²) in [5.41, 5.74) is 1.22. The van der Waals surface area contributed by atoms with E-state index in [9.17, 15) is 18.0 Å². The Morgan fingerprint density at radius 2 is 1.83 bits per heavy atom. The number of likely N-dealkylation sites (tertiary alicyclic amines) is 2. The molecule has 0 aliphatic carbocycles. The van der Waals surface area contributed by atoms with Crippen molar-refractivity contribution in [2.75, 3.05) is 19.6 Å². The summed E-state index contributed by atoms with van der Waals surface area (Å²) < 4.78 is 43.1. The zero-order valence-corrected chi connectivity index (χ0v) is 15.9. The maximum absolute atomic E-state index is 12.5. The van der Waals surface area contributed by atoms with E-state index in [0.29, 0.717) is 6.04 Å². The Hall–Kier alpha value is -2.07. The number of ether oxygens (including phenoxy) is 1. The first-order chi connectivity index (χ1) is 13.8. The van der Waals surface area contributed by atoms with Crippen LogP contribution in [-0.2, 0) is 20.9 Å². The fourth-order valence-corrected chi connectivity index (χ4v) is 4.15. The van der Waals surface area contributed by atoms with Gasteiger partial charge in [0.15, 0.2) is 0 Å². The molecule has 162 valence electrons. The normalized spacial score (nSPS) is 27.3. The molecule has 3 fully saturated rings. The minimum Gasteiger partial charge on any atom is -0.475 e. The fourth-order valence-electron chi connectivity index (χ4n) is 4.15. The number of carboxylic acids is 1. The molecule has 3 aliphatic heterocycles. The number of nitrogens with zero attached hydrogens (tertiary/aromatic N) is 2. The number of fused-ring (bicyclic) bond motifs is 1. The zero-order chi connectivity index (χ0) is 21.0. The van der Waals surface area contributed by atoms with Crippen molar-refractivity contribution in [2.24, 2.45) is 0 Å². The molecule has 0 saturated carbocycles. The number of alkyl halides is 3. The number of carbonyl (C=O) groups is 2. The van der Waals surface area contributed by atoms with Crippen LogP contribution in [0.1, 0.15) is 37.7 Å². The second-order valence-corrected chi connectivity index (χ2v) is 7.53. The lowest BCUT2D eigenvalue weighted by Crippen LogP contribution is -2.48. The van der Waals surface area contributed by atoms with E-state index in [1.165, 1.54) is 5.56 Å². The van der Waals surface area contributed by atoms with Gasteiger partial charge in [-0.1, -0.05) is 0 Å². The van der Waals surface area contributed by atoms with Gasteiger partial charge in [0, 0.05) is 37.8 Å². The minimum atomic E-state index is -5.08. The van der Waals surface area contributed by atoms with Crippen LogP contribution in [0.5, 0.6) is 0 Å². The average molecular weight is 418 g/mol. The first-order valence-corrected chi connectivity index (χ1v) is 9.75. The van der Waals surface area contributed by atoms with Crippen molar-refractivity contribution < 1.29 is 37.0 Å². The maximum Gasteiger partial charge on any atom is 0.490 e. The molecule has 0 unspecified atom stereocenters. The summed E-state index contributed by atoms with van der Waals surface area (Å²) in [4.78, 5) is 25.9. The smallest absolute Gasteiger partial charge is 0.475 e. The lowest BCUT2D eigenvalue weighted by Gasteiger charge is -2.36. The van der Waals surface area contributed by atoms with Crippen molar-refractivity contribution in [3.8, 4) is 0 Å². The molecule has 4 rings (SSSR count). The number of hydrogen-bond acceptors (Lipinski definition) is 5. The van der Waals surface area contributed by atoms with Gasteiger partial charge in [0.25, 0.3) is 5.91 Å². The van der Waals surface area contributed by atoms with Crippen LogP contribution in [-0.4, -0.2) is 70.8 Å². The Kier molecular flexibility index (Phi) is 6.84. The number of hydrogen-bond donors (Lipinski definition) is 1. The Morgan fingerprint density at radius 1 is 1.14 bits per heavy atom. The molecule has 1 amide bonds. The van der Waals surface area contributed by atoms with Crippen LogP contribution in [0.4, 0.5) is 13.2 Å². The molecule has 7 nitrogen and oxygen atoms in total. The third-order valence-corrected chi connectivity index (χ3v) is 5.56. The summed E-state index contributed by atoms with van der Waals surface area (Å²) in [6.45, 7) is 3.80. The summed E-state index contributed by atoms with van der Waals surface area (Å²) in [5.74, 6) is -2.53. The van der Waals surface area contributed by atoms with Gasteiger partial charge < -0.3 is 19.2 Å². The molecule has 3 atom stereocenters. The van der Waals surface area contributed by atoms with Crippen LogP contribution in [0.3, 0.4) is 0 Å². The van der Waals surface area contributed by atoms with Gasteiger partial charge in [-0.25, -0.2) is 4.79 Å². The van der Waals surface area contributed by atoms with Crippen molar-refractivity contribution >= 4 is 11.9 Å². The lowest BCUT2D eigenvalue weighted by atomic mass is 9.98. The van der Waals surface area contributed by atoms with Crippen molar-refractivity contribution in [3.05, 3.63) is 24.2 Å². The Bertz CT molecular complexity index is 689. The molecular formula is C19H25F3N2O5. The second kappa shape index (κ2) is 9.17. The van der Waals surface area contributed by atoms with E-state index in [4.69, 9.17) is 19.1 Å². The first kappa shape index (κ1) is 21.6. The molecular weight excluding hydrogens is 393 g/mol. The highest BCUT2D eigenvalue weighted by molar-refractivity contribution is 5.81. The predicted molar refractivity (Wildman–Crippen MR) is 94.9 cm³/mol. The van der Waals surface area contributed by atoms with E-state index in [-0.39, 0.29) is 18.1 Å². The highest BCUT2D eigenvalue weighted by Gasteiger charge is 2.42. The predicted octanol–water partition coefficient (Wildman–Crippen LogP) is 2.66. The van der Waals surface area contributed by atoms with Gasteiger partial charge in [0.1, 0.15) is 6.10 Å². The van der Waals surface area contributed by atoms with Gasteiger partial charge >= 0.3 is 12.1 Å². The highest BCUT2D eigenvalue weighted by atomic mass is 19.4. The summed E-state index contributed by atoms with van der Waals surface area (Å²) in [6, 6.07) is 2.48. The molecule has 3 aliphatic rings. The zero-order valence-electron chi connectivity index (χ0n) is 15.9. The summed E-state index contributed by atoms with van der Waals surface area (Å²) in [7, 11) is 0. The van der Waals surface area contributed by atoms with E-state index in [2.05, 4.69) is 4.90 Å². The van der Waals surface area contributed by atoms with Gasteiger partial charge in [-0.3, -0.25) is 9.69 Å². The van der Waals surface area contributed by atoms with E-state index >= 15 is 0 Å². The fraction of sp³-hybridized carbons (Fsp3) is 0.684. The SMILES string of the molecule is O=C(O)C(F)(F)F.O=C([C@H]1CC[C@@H]2[C@@H](CCN2Cc2ccoc2)O1)N1CCCC1. The van der Waals surface area contributed by atoms with Crippen LogP contribution in [0.15, 0.2) is 23.0 Å². The molecule has 3 saturated heterocycles. The third kappa shape index (κ3) is 5.51. The largest absolute Gasteiger partial charge is 0.490 e. The number of amides is 1. The number of halogens is 3. The Balaban J connectivity index is 0.000000298. The molecule has 29 heavy (non-hydrogen) atoms. The van der Waals surface area contributed by atoms with E-state index in [1.54, 1.807) is 6.26 Å². The molecule has 0 spiro atoms. The summed E-state index contributed by atoms with van der Waals surface area (Å²) >= 11 is 0. The van der Waals surface area contributed by atoms with Gasteiger partial charge in [0.2, 0.25) is 0 Å². The van der Waals surface area contributed by atoms with Gasteiger partial charge in [-0.05, 0) is 38.2 Å². The topological polar surface area (TPSA) is 83.2 Å². The highest BCUT2D eigenvalue weighted by Crippen LogP contribution is 2.33. The van der Waals surface area contributed by atoms with E-state index in [1.807, 2.05) is 17.2 Å². The molecule has 10 heteroatoms. The Labute approximate surface area is 166 Å². The standard InChI is InChI=1S/C17H24N2O3.C2HF3O2/c20-17(18-7-1-2-8-18)16-4-3-14-15(22-16)5-9-19(14)11-13-6-10-21-12-13;3-2(4,5)1(6)7/h6,10,12,14-16H,1-5,7-9,11H2;(H,6,7)/t14-,15-,16-;/m1./s1. The number of rotatable bonds is 3. The molecule has 1 aromatic rings. The number of carbonyl (C=O) groups excluding carboxylic acids is 1. The second-order valence-electron chi connectivity index (χ2n) is 7.53. The molecule has 0 aromatic carbocycles. The molecule has 4 heterocycles. The van der Waals surface area contributed by atoms with Crippen molar-refractivity contribution in [2.45, 2.75) is 63.1 Å². The molecule has 0 radical (unpaired) electrons. The van der Waals surface area contributed by atoms with Gasteiger partial charge in [-0.2, -0.15) is 13.2 Å². The van der Waals surface area contributed by atoms with Gasteiger partial charge in [-0.15, -0.1) is 0 Å². The molecule has 1 aromatic heterocycles. The summed E-state index contributed by atoms with van der Waals surface area (Å²) in [6.07, 6.45) is 3.72. The third-order valence-electron chi connectivity index (χ3n) is 5.56. The molecule has 0 bridgehead atoms. The monoisotopic (exact) mass is 418 g/mol. The van der Waals surface area contributed by atoms with Crippen LogP contribution in [0.2, 0.25) is 0 Å². The number of furan rings is 1.